The molecule has 4 heterocycles. The number of aromatic nitrogens is 7. The van der Waals surface area contributed by atoms with Crippen molar-refractivity contribution in [1.29, 1.82) is 0 Å². The molecule has 0 spiro atoms. The predicted molar refractivity (Wildman–Crippen MR) is 101 cm³/mol. The van der Waals surface area contributed by atoms with E-state index in [1.54, 1.807) is 23.0 Å². The van der Waals surface area contributed by atoms with Gasteiger partial charge in [0.2, 0.25) is 11.8 Å². The highest BCUT2D eigenvalue weighted by atomic mass is 32.1. The van der Waals surface area contributed by atoms with Crippen LogP contribution in [0, 0.1) is 0 Å². The van der Waals surface area contributed by atoms with Crippen LogP contribution in [0.1, 0.15) is 23.5 Å². The van der Waals surface area contributed by atoms with Gasteiger partial charge in [-0.05, 0) is 18.9 Å². The monoisotopic (exact) mass is 397 g/mol. The first kappa shape index (κ1) is 16.6. The second kappa shape index (κ2) is 6.56. The van der Waals surface area contributed by atoms with Crippen LogP contribution in [0.2, 0.25) is 0 Å². The summed E-state index contributed by atoms with van der Waals surface area (Å²) in [7, 11) is 0. The van der Waals surface area contributed by atoms with Gasteiger partial charge in [-0.15, -0.1) is 11.3 Å². The summed E-state index contributed by atoms with van der Waals surface area (Å²) in [4.78, 5) is 34.0. The maximum absolute atomic E-state index is 11.4. The van der Waals surface area contributed by atoms with Crippen LogP contribution < -0.4 is 21.8 Å². The summed E-state index contributed by atoms with van der Waals surface area (Å²) >= 11 is 1.54. The molecule has 0 aromatic carbocycles. The summed E-state index contributed by atoms with van der Waals surface area (Å²) in [5, 5.41) is 20.7. The topological polar surface area (TPSA) is 149 Å². The highest BCUT2D eigenvalue weighted by Crippen LogP contribution is 2.22. The van der Waals surface area contributed by atoms with Crippen LogP contribution in [0.3, 0.4) is 0 Å². The zero-order chi connectivity index (χ0) is 19.1. The van der Waals surface area contributed by atoms with Gasteiger partial charge >= 0.3 is 5.69 Å². The minimum atomic E-state index is -0.495. The highest BCUT2D eigenvalue weighted by Gasteiger charge is 2.21. The van der Waals surface area contributed by atoms with E-state index in [4.69, 9.17) is 0 Å². The van der Waals surface area contributed by atoms with Crippen LogP contribution in [0.15, 0.2) is 27.6 Å². The van der Waals surface area contributed by atoms with Crippen molar-refractivity contribution in [2.75, 3.05) is 5.32 Å². The molecule has 0 radical (unpaired) electrons. The summed E-state index contributed by atoms with van der Waals surface area (Å²) in [6.45, 7) is 0.496. The van der Waals surface area contributed by atoms with Gasteiger partial charge in [-0.25, -0.2) is 14.8 Å². The molecule has 0 saturated heterocycles. The second-order valence-electron chi connectivity index (χ2n) is 6.31. The van der Waals surface area contributed by atoms with Gasteiger partial charge in [-0.1, -0.05) is 0 Å². The zero-order valence-electron chi connectivity index (χ0n) is 14.5. The molecule has 4 aromatic rings. The van der Waals surface area contributed by atoms with Gasteiger partial charge in [0.15, 0.2) is 5.65 Å². The standard InChI is InChI=1S/C16H15N9O2S/c26-13-10(21-16(27)23-13)5-8-6-19-25-12(8)22-14(18-7-11-17-3-4-28-11)24-15(25)20-9-1-2-9/h3-6,9,26H,1-2,7H2,(H,18,20,24)(H2,21,23,27)/b8-5+. The number of rotatable bonds is 5. The molecule has 1 aliphatic rings. The molecule has 28 heavy (non-hydrogen) atoms. The van der Waals surface area contributed by atoms with Gasteiger partial charge in [0.25, 0.3) is 5.62 Å². The van der Waals surface area contributed by atoms with Gasteiger partial charge in [0, 0.05) is 16.8 Å². The minimum absolute atomic E-state index is 0.247. The Hall–Kier alpha value is -3.54. The Balaban J connectivity index is 1.63. The van der Waals surface area contributed by atoms with Crippen LogP contribution >= 0.6 is 11.3 Å². The lowest BCUT2D eigenvalue weighted by molar-refractivity contribution is 0.454. The number of aromatic hydroxyl groups is 1. The molecule has 0 atom stereocenters. The summed E-state index contributed by atoms with van der Waals surface area (Å²) in [6, 6.07) is 0.256. The lowest BCUT2D eigenvalue weighted by Gasteiger charge is -2.03. The van der Waals surface area contributed by atoms with Crippen molar-refractivity contribution >= 4 is 29.0 Å². The first-order valence-corrected chi connectivity index (χ1v) is 9.48. The molecule has 0 bridgehead atoms. The summed E-state index contributed by atoms with van der Waals surface area (Å²) < 4.78 is 1.56. The Kier molecular flexibility index (Phi) is 3.90. The van der Waals surface area contributed by atoms with Crippen molar-refractivity contribution in [3.05, 3.63) is 49.8 Å². The number of nitrogens with zero attached hydrogens (tertiary/aromatic N) is 6. The molecule has 0 unspecified atom stereocenters. The fourth-order valence-electron chi connectivity index (χ4n) is 2.65. The molecule has 0 amide bonds. The van der Waals surface area contributed by atoms with E-state index in [0.29, 0.717) is 29.0 Å². The number of nitrogens with one attached hydrogen (secondary N) is 3. The van der Waals surface area contributed by atoms with Crippen LogP contribution in [0.4, 0.5) is 5.95 Å². The fraction of sp³-hybridized carbons (Fsp3) is 0.250. The third kappa shape index (κ3) is 3.24. The Bertz CT molecular complexity index is 1310. The van der Waals surface area contributed by atoms with E-state index in [-0.39, 0.29) is 17.6 Å². The second-order valence-corrected chi connectivity index (χ2v) is 7.29. The third-order valence-electron chi connectivity index (χ3n) is 4.14. The van der Waals surface area contributed by atoms with E-state index in [1.165, 1.54) is 11.3 Å². The summed E-state index contributed by atoms with van der Waals surface area (Å²) in [6.07, 6.45) is 6.99. The van der Waals surface area contributed by atoms with Crippen LogP contribution in [-0.4, -0.2) is 45.7 Å². The molecule has 1 saturated carbocycles. The maximum atomic E-state index is 11.4. The fourth-order valence-corrected chi connectivity index (χ4v) is 3.21. The highest BCUT2D eigenvalue weighted by molar-refractivity contribution is 7.09. The number of imidazole rings is 1. The van der Waals surface area contributed by atoms with Crippen LogP contribution in [0.25, 0.3) is 11.7 Å². The molecular formula is C16H15N9O2S. The molecule has 142 valence electrons. The van der Waals surface area contributed by atoms with Gasteiger partial charge in [0.1, 0.15) is 10.7 Å². The predicted octanol–water partition coefficient (Wildman–Crippen LogP) is -0.474. The molecule has 0 aliphatic heterocycles. The molecular weight excluding hydrogens is 382 g/mol. The first-order chi connectivity index (χ1) is 13.7. The number of hydrogen-bond donors (Lipinski definition) is 4. The van der Waals surface area contributed by atoms with E-state index in [1.807, 2.05) is 5.38 Å². The molecule has 4 N–H and O–H groups in total. The summed E-state index contributed by atoms with van der Waals surface area (Å²) in [5.41, 5.74) is 0.722. The largest absolute Gasteiger partial charge is 0.493 e. The zero-order valence-corrected chi connectivity index (χ0v) is 15.3. The van der Waals surface area contributed by atoms with E-state index < -0.39 is 5.69 Å². The van der Waals surface area contributed by atoms with Crippen molar-refractivity contribution in [2.45, 2.75) is 25.4 Å². The lowest BCUT2D eigenvalue weighted by atomic mass is 10.3. The molecule has 5 rings (SSSR count). The first-order valence-electron chi connectivity index (χ1n) is 8.60. The Labute approximate surface area is 160 Å². The number of fused-ring (bicyclic) bond motifs is 1. The lowest BCUT2D eigenvalue weighted by Crippen LogP contribution is -2.24. The van der Waals surface area contributed by atoms with E-state index in [0.717, 1.165) is 17.8 Å². The number of anilines is 1. The van der Waals surface area contributed by atoms with Crippen molar-refractivity contribution in [3.63, 3.8) is 0 Å². The summed E-state index contributed by atoms with van der Waals surface area (Å²) in [5.74, 6) is 0.160. The average molecular weight is 397 g/mol. The van der Waals surface area contributed by atoms with Gasteiger partial charge in [-0.2, -0.15) is 19.6 Å². The van der Waals surface area contributed by atoms with Gasteiger partial charge in [0.05, 0.1) is 18.8 Å². The Morgan fingerprint density at radius 2 is 2.29 bits per heavy atom. The Morgan fingerprint density at radius 1 is 1.39 bits per heavy atom. The van der Waals surface area contributed by atoms with Crippen molar-refractivity contribution in [1.82, 2.24) is 34.5 Å². The quantitative estimate of drug-likeness (QED) is 0.355. The van der Waals surface area contributed by atoms with Crippen LogP contribution in [-0.2, 0) is 6.54 Å². The molecule has 4 aromatic heterocycles. The molecule has 11 nitrogen and oxygen atoms in total. The van der Waals surface area contributed by atoms with Crippen molar-refractivity contribution in [3.8, 4) is 5.88 Å². The van der Waals surface area contributed by atoms with E-state index in [2.05, 4.69) is 40.3 Å². The number of thiazole rings is 1. The number of hydrogen-bond acceptors (Lipinski definition) is 9. The maximum Gasteiger partial charge on any atom is 0.326 e. The van der Waals surface area contributed by atoms with Crippen LogP contribution in [0.5, 0.6) is 5.88 Å². The number of aromatic amines is 2. The SMILES string of the molecule is O=c1[nH]c(O)c(/C=c2\cnn3c(=NC4CC4)nc(NCc4nccs4)nc23)[nH]1. The van der Waals surface area contributed by atoms with E-state index >= 15 is 0 Å². The Morgan fingerprint density at radius 3 is 3.00 bits per heavy atom. The van der Waals surface area contributed by atoms with Gasteiger partial charge < -0.3 is 15.4 Å². The van der Waals surface area contributed by atoms with Crippen molar-refractivity contribution in [2.24, 2.45) is 4.99 Å². The molecule has 1 aliphatic carbocycles. The minimum Gasteiger partial charge on any atom is -0.493 e. The van der Waals surface area contributed by atoms with Gasteiger partial charge in [-0.3, -0.25) is 4.98 Å². The average Bonchev–Trinajstić information content (AvgIpc) is 3.05. The normalized spacial score (nSPS) is 15.6. The molecule has 1 fully saturated rings. The van der Waals surface area contributed by atoms with Crippen molar-refractivity contribution < 1.29 is 5.11 Å². The van der Waals surface area contributed by atoms with E-state index in [9.17, 15) is 9.90 Å². The third-order valence-corrected chi connectivity index (χ3v) is 4.92. The molecule has 12 heteroatoms. The smallest absolute Gasteiger partial charge is 0.326 e. The number of H-pyrrole nitrogens is 2.